The molecule has 0 aliphatic carbocycles. The summed E-state index contributed by atoms with van der Waals surface area (Å²) in [6.45, 7) is 3.86. The van der Waals surface area contributed by atoms with Gasteiger partial charge < -0.3 is 5.32 Å². The zero-order chi connectivity index (χ0) is 29.8. The Morgan fingerprint density at radius 3 is 2.40 bits per heavy atom. The second-order valence-electron chi connectivity index (χ2n) is 9.79. The summed E-state index contributed by atoms with van der Waals surface area (Å²) >= 11 is 12.1. The maximum Gasteiger partial charge on any atom is 0.433 e. The molecule has 0 aliphatic rings. The number of alkyl halides is 3. The first kappa shape index (κ1) is 27.7. The molecule has 12 heteroatoms. The number of nitrogens with zero attached hydrogens (tertiary/aromatic N) is 5. The predicted molar refractivity (Wildman–Crippen MR) is 156 cm³/mol. The summed E-state index contributed by atoms with van der Waals surface area (Å²) in [6, 6.07) is 20.3. The topological polar surface area (TPSA) is 77.1 Å². The normalized spacial score (nSPS) is 11.9. The molecule has 0 saturated heterocycles. The molecule has 7 nitrogen and oxygen atoms in total. The number of fused-ring (bicyclic) bond motifs is 2. The highest BCUT2D eigenvalue weighted by Crippen LogP contribution is 2.33. The van der Waals surface area contributed by atoms with Crippen molar-refractivity contribution >= 4 is 51.2 Å². The van der Waals surface area contributed by atoms with Crippen LogP contribution in [0.2, 0.25) is 10.0 Å². The molecule has 3 aromatic heterocycles. The van der Waals surface area contributed by atoms with Crippen molar-refractivity contribution in [1.82, 2.24) is 24.4 Å². The molecule has 6 aromatic rings. The van der Waals surface area contributed by atoms with Gasteiger partial charge in [0.15, 0.2) is 17.0 Å². The van der Waals surface area contributed by atoms with Gasteiger partial charge in [0, 0.05) is 11.6 Å². The number of halogens is 5. The van der Waals surface area contributed by atoms with E-state index in [0.717, 1.165) is 22.4 Å². The standard InChI is InChI=1S/C30H21Cl2F3N6O/c1-16-28(17(2)40(38-16)15-18-7-10-22(31)23(32)11-18)37-29(42)25-14-27-36-24(13-26(30(33,34)35)41(27)39-25)21-9-8-19-5-3-4-6-20(19)12-21/h3-14H,15H2,1-2H3,(H,37,42). The van der Waals surface area contributed by atoms with Crippen LogP contribution in [0.15, 0.2) is 72.8 Å². The van der Waals surface area contributed by atoms with Crippen molar-refractivity contribution in [3.8, 4) is 11.3 Å². The van der Waals surface area contributed by atoms with E-state index in [1.54, 1.807) is 42.8 Å². The van der Waals surface area contributed by atoms with Crippen LogP contribution in [0.5, 0.6) is 0 Å². The Labute approximate surface area is 247 Å². The van der Waals surface area contributed by atoms with Gasteiger partial charge in [-0.3, -0.25) is 9.48 Å². The van der Waals surface area contributed by atoms with E-state index >= 15 is 0 Å². The lowest BCUT2D eigenvalue weighted by molar-refractivity contribution is -0.142. The highest BCUT2D eigenvalue weighted by molar-refractivity contribution is 6.42. The summed E-state index contributed by atoms with van der Waals surface area (Å²) in [5, 5.41) is 13.9. The van der Waals surface area contributed by atoms with Gasteiger partial charge in [0.2, 0.25) is 0 Å². The average molecular weight is 609 g/mol. The van der Waals surface area contributed by atoms with Crippen LogP contribution < -0.4 is 5.32 Å². The first-order chi connectivity index (χ1) is 20.0. The van der Waals surface area contributed by atoms with Gasteiger partial charge in [-0.05, 0) is 54.4 Å². The largest absolute Gasteiger partial charge is 0.433 e. The molecule has 1 N–H and O–H groups in total. The molecule has 0 atom stereocenters. The Balaban J connectivity index is 1.33. The van der Waals surface area contributed by atoms with E-state index in [-0.39, 0.29) is 17.0 Å². The highest BCUT2D eigenvalue weighted by Gasteiger charge is 2.36. The molecule has 3 aromatic carbocycles. The first-order valence-corrected chi connectivity index (χ1v) is 13.5. The van der Waals surface area contributed by atoms with Crippen LogP contribution in [0.3, 0.4) is 0 Å². The lowest BCUT2D eigenvalue weighted by atomic mass is 10.0. The number of aromatic nitrogens is 5. The fourth-order valence-electron chi connectivity index (χ4n) is 4.80. The molecule has 0 bridgehead atoms. The minimum Gasteiger partial charge on any atom is -0.317 e. The third-order valence-electron chi connectivity index (χ3n) is 6.93. The van der Waals surface area contributed by atoms with E-state index in [9.17, 15) is 18.0 Å². The van der Waals surface area contributed by atoms with Crippen LogP contribution in [-0.4, -0.2) is 30.3 Å². The van der Waals surface area contributed by atoms with Crippen LogP contribution in [0.4, 0.5) is 18.9 Å². The Hall–Kier alpha value is -4.41. The summed E-state index contributed by atoms with van der Waals surface area (Å²) in [5.74, 6) is -0.693. The van der Waals surface area contributed by atoms with Crippen LogP contribution in [0, 0.1) is 13.8 Å². The van der Waals surface area contributed by atoms with Gasteiger partial charge in [-0.25, -0.2) is 9.50 Å². The van der Waals surface area contributed by atoms with Crippen molar-refractivity contribution in [2.75, 3.05) is 5.32 Å². The number of rotatable bonds is 5. The molecule has 42 heavy (non-hydrogen) atoms. The van der Waals surface area contributed by atoms with Crippen molar-refractivity contribution < 1.29 is 18.0 Å². The Kier molecular flexibility index (Phi) is 6.90. The molecule has 0 spiro atoms. The quantitative estimate of drug-likeness (QED) is 0.215. The van der Waals surface area contributed by atoms with Crippen molar-refractivity contribution in [2.24, 2.45) is 0 Å². The number of hydrogen-bond donors (Lipinski definition) is 1. The van der Waals surface area contributed by atoms with Gasteiger partial charge in [0.1, 0.15) is 0 Å². The molecule has 0 fully saturated rings. The number of aryl methyl sites for hydroxylation is 1. The third-order valence-corrected chi connectivity index (χ3v) is 7.67. The molecule has 1 amide bonds. The van der Waals surface area contributed by atoms with E-state index in [1.807, 2.05) is 36.4 Å². The van der Waals surface area contributed by atoms with Gasteiger partial charge >= 0.3 is 6.18 Å². The fourth-order valence-corrected chi connectivity index (χ4v) is 5.12. The van der Waals surface area contributed by atoms with Crippen molar-refractivity contribution in [3.63, 3.8) is 0 Å². The molecule has 3 heterocycles. The molecular formula is C30H21Cl2F3N6O. The van der Waals surface area contributed by atoms with Crippen molar-refractivity contribution in [2.45, 2.75) is 26.6 Å². The SMILES string of the molecule is Cc1nn(Cc2ccc(Cl)c(Cl)c2)c(C)c1NC(=O)c1cc2nc(-c3ccc4ccccc4c3)cc(C(F)(F)F)n2n1. The molecule has 0 aliphatic heterocycles. The second kappa shape index (κ2) is 10.5. The number of nitrogens with one attached hydrogen (secondary N) is 1. The maximum atomic E-state index is 14.1. The van der Waals surface area contributed by atoms with Crippen LogP contribution in [-0.2, 0) is 12.7 Å². The smallest absolute Gasteiger partial charge is 0.317 e. The Morgan fingerprint density at radius 2 is 1.67 bits per heavy atom. The van der Waals surface area contributed by atoms with E-state index in [4.69, 9.17) is 23.2 Å². The summed E-state index contributed by atoms with van der Waals surface area (Å²) in [7, 11) is 0. The van der Waals surface area contributed by atoms with E-state index in [2.05, 4.69) is 20.5 Å². The van der Waals surface area contributed by atoms with Crippen molar-refractivity contribution in [3.05, 3.63) is 111 Å². The Morgan fingerprint density at radius 1 is 0.905 bits per heavy atom. The summed E-state index contributed by atoms with van der Waals surface area (Å²) in [4.78, 5) is 17.7. The number of carbonyl (C=O) groups excluding carboxylic acids is 1. The van der Waals surface area contributed by atoms with Crippen LogP contribution >= 0.6 is 23.2 Å². The van der Waals surface area contributed by atoms with Gasteiger partial charge in [-0.2, -0.15) is 23.4 Å². The van der Waals surface area contributed by atoms with Gasteiger partial charge in [0.05, 0.1) is 39.4 Å². The minimum absolute atomic E-state index is 0.109. The second-order valence-corrected chi connectivity index (χ2v) is 10.6. The Bertz CT molecular complexity index is 2010. The molecule has 212 valence electrons. The maximum absolute atomic E-state index is 14.1. The van der Waals surface area contributed by atoms with E-state index < -0.39 is 17.8 Å². The molecule has 0 radical (unpaired) electrons. The van der Waals surface area contributed by atoms with Crippen molar-refractivity contribution in [1.29, 1.82) is 0 Å². The number of amides is 1. The summed E-state index contributed by atoms with van der Waals surface area (Å²) in [5.41, 5.74) is 1.69. The predicted octanol–water partition coefficient (Wildman–Crippen LogP) is 7.99. The highest BCUT2D eigenvalue weighted by atomic mass is 35.5. The van der Waals surface area contributed by atoms with E-state index in [1.165, 1.54) is 6.07 Å². The monoisotopic (exact) mass is 608 g/mol. The van der Waals surface area contributed by atoms with Crippen LogP contribution in [0.25, 0.3) is 27.7 Å². The lowest BCUT2D eigenvalue weighted by Crippen LogP contribution is -2.16. The lowest BCUT2D eigenvalue weighted by Gasteiger charge is -2.11. The zero-order valence-electron chi connectivity index (χ0n) is 22.2. The summed E-state index contributed by atoms with van der Waals surface area (Å²) in [6.07, 6.45) is -4.74. The number of benzene rings is 3. The fraction of sp³-hybridized carbons (Fsp3) is 0.133. The van der Waals surface area contributed by atoms with E-state index in [0.29, 0.717) is 43.7 Å². The molecule has 0 unspecified atom stereocenters. The number of hydrogen-bond acceptors (Lipinski definition) is 4. The first-order valence-electron chi connectivity index (χ1n) is 12.7. The molecule has 6 rings (SSSR count). The zero-order valence-corrected chi connectivity index (χ0v) is 23.7. The third kappa shape index (κ3) is 5.19. The number of anilines is 1. The molecular weight excluding hydrogens is 588 g/mol. The number of carbonyl (C=O) groups is 1. The van der Waals surface area contributed by atoms with Gasteiger partial charge in [0.25, 0.3) is 5.91 Å². The van der Waals surface area contributed by atoms with Gasteiger partial charge in [-0.1, -0.05) is 65.7 Å². The molecule has 0 saturated carbocycles. The summed E-state index contributed by atoms with van der Waals surface area (Å²) < 4.78 is 44.8. The minimum atomic E-state index is -4.74. The van der Waals surface area contributed by atoms with Gasteiger partial charge in [-0.15, -0.1) is 0 Å². The average Bonchev–Trinajstić information content (AvgIpc) is 3.50. The van der Waals surface area contributed by atoms with Crippen LogP contribution in [0.1, 0.15) is 33.1 Å².